The number of aromatic nitrogens is 3. The van der Waals surface area contributed by atoms with Crippen molar-refractivity contribution in [1.29, 1.82) is 0 Å². The fraction of sp³-hybridized carbons (Fsp3) is 0. The molecule has 2 aromatic heterocycles. The monoisotopic (exact) mass is 251 g/mol. The molecule has 0 unspecified atom stereocenters. The van der Waals surface area contributed by atoms with Crippen molar-refractivity contribution >= 4 is 21.9 Å². The number of benzene rings is 2. The third-order valence-electron chi connectivity index (χ3n) is 2.87. The minimum Gasteiger partial charge on any atom is -0.508 e. The fourth-order valence-corrected chi connectivity index (χ4v) is 1.92. The number of nitrogens with zero attached hydrogens (tertiary/aromatic N) is 1. The first-order valence-electron chi connectivity index (χ1n) is 5.97. The van der Waals surface area contributed by atoms with Crippen molar-refractivity contribution in [3.8, 4) is 5.75 Å². The molecule has 19 heavy (non-hydrogen) atoms. The van der Waals surface area contributed by atoms with Crippen LogP contribution in [0.15, 0.2) is 61.1 Å². The average molecular weight is 251 g/mol. The van der Waals surface area contributed by atoms with Crippen LogP contribution in [-0.4, -0.2) is 20.1 Å². The highest BCUT2D eigenvalue weighted by molar-refractivity contribution is 5.80. The van der Waals surface area contributed by atoms with Gasteiger partial charge in [0.2, 0.25) is 0 Å². The van der Waals surface area contributed by atoms with Crippen LogP contribution in [0.5, 0.6) is 5.75 Å². The van der Waals surface area contributed by atoms with Crippen molar-refractivity contribution in [1.82, 2.24) is 15.0 Å². The molecule has 4 rings (SSSR count). The number of aromatic amines is 2. The molecule has 0 saturated carbocycles. The molecule has 0 radical (unpaired) electrons. The van der Waals surface area contributed by atoms with Crippen LogP contribution in [0, 0.1) is 0 Å². The van der Waals surface area contributed by atoms with Gasteiger partial charge in [-0.15, -0.1) is 0 Å². The van der Waals surface area contributed by atoms with Crippen molar-refractivity contribution in [3.05, 3.63) is 61.1 Å². The normalized spacial score (nSPS) is 10.3. The summed E-state index contributed by atoms with van der Waals surface area (Å²) in [5, 5.41) is 10.2. The molecule has 0 atom stereocenters. The number of imidazole rings is 1. The fourth-order valence-electron chi connectivity index (χ4n) is 1.92. The summed E-state index contributed by atoms with van der Waals surface area (Å²) in [4.78, 5) is 10.1. The zero-order valence-corrected chi connectivity index (χ0v) is 10.2. The summed E-state index contributed by atoms with van der Waals surface area (Å²) in [5.41, 5.74) is 3.09. The topological polar surface area (TPSA) is 64.7 Å². The van der Waals surface area contributed by atoms with Crippen LogP contribution < -0.4 is 0 Å². The van der Waals surface area contributed by atoms with E-state index in [0.717, 1.165) is 21.9 Å². The number of hydrogen-bond acceptors (Lipinski definition) is 2. The van der Waals surface area contributed by atoms with Gasteiger partial charge in [0.25, 0.3) is 0 Å². The second-order valence-electron chi connectivity index (χ2n) is 4.17. The van der Waals surface area contributed by atoms with E-state index < -0.39 is 0 Å². The molecular formula is C15H13N3O. The highest BCUT2D eigenvalue weighted by Gasteiger charge is 1.92. The number of nitrogens with one attached hydrogen (secondary N) is 2. The molecule has 4 aromatic rings. The minimum absolute atomic E-state index is 0.301. The van der Waals surface area contributed by atoms with Crippen molar-refractivity contribution in [3.63, 3.8) is 0 Å². The van der Waals surface area contributed by atoms with Gasteiger partial charge in [0.05, 0.1) is 17.4 Å². The zero-order chi connectivity index (χ0) is 13.1. The lowest BCUT2D eigenvalue weighted by atomic mass is 10.2. The van der Waals surface area contributed by atoms with E-state index in [4.69, 9.17) is 5.11 Å². The van der Waals surface area contributed by atoms with Crippen LogP contribution in [0.1, 0.15) is 0 Å². The molecular weight excluding hydrogens is 238 g/mol. The number of hydrogen-bond donors (Lipinski definition) is 3. The Labute approximate surface area is 109 Å². The summed E-state index contributed by atoms with van der Waals surface area (Å²) < 4.78 is 0. The Kier molecular flexibility index (Phi) is 2.90. The van der Waals surface area contributed by atoms with Crippen molar-refractivity contribution in [2.24, 2.45) is 0 Å². The first-order valence-corrected chi connectivity index (χ1v) is 5.97. The van der Waals surface area contributed by atoms with E-state index in [1.807, 2.05) is 42.6 Å². The van der Waals surface area contributed by atoms with Crippen molar-refractivity contribution in [2.75, 3.05) is 0 Å². The van der Waals surface area contributed by atoms with Gasteiger partial charge in [0.1, 0.15) is 5.75 Å². The van der Waals surface area contributed by atoms with Gasteiger partial charge in [-0.1, -0.05) is 12.1 Å². The zero-order valence-electron chi connectivity index (χ0n) is 10.2. The van der Waals surface area contributed by atoms with Gasteiger partial charge in [-0.2, -0.15) is 0 Å². The van der Waals surface area contributed by atoms with Gasteiger partial charge < -0.3 is 15.1 Å². The number of phenols is 1. The molecule has 94 valence electrons. The molecule has 0 spiro atoms. The summed E-state index contributed by atoms with van der Waals surface area (Å²) in [5.74, 6) is 0.301. The number of para-hydroxylation sites is 2. The Balaban J connectivity index is 0.000000117. The number of rotatable bonds is 0. The lowest BCUT2D eigenvalue weighted by molar-refractivity contribution is 0.476. The van der Waals surface area contributed by atoms with E-state index in [2.05, 4.69) is 15.0 Å². The molecule has 4 heteroatoms. The molecule has 0 aliphatic heterocycles. The molecule has 0 fully saturated rings. The summed E-state index contributed by atoms with van der Waals surface area (Å²) in [7, 11) is 0. The Bertz CT molecular complexity index is 771. The molecule has 0 amide bonds. The molecule has 2 heterocycles. The van der Waals surface area contributed by atoms with Crippen LogP contribution in [0.25, 0.3) is 21.9 Å². The van der Waals surface area contributed by atoms with Crippen LogP contribution in [0.2, 0.25) is 0 Å². The van der Waals surface area contributed by atoms with E-state index in [1.54, 1.807) is 18.5 Å². The second-order valence-corrected chi connectivity index (χ2v) is 4.17. The van der Waals surface area contributed by atoms with Crippen molar-refractivity contribution < 1.29 is 5.11 Å². The van der Waals surface area contributed by atoms with Crippen LogP contribution >= 0.6 is 0 Å². The summed E-state index contributed by atoms with van der Waals surface area (Å²) in [6, 6.07) is 15.2. The molecule has 0 aliphatic carbocycles. The highest BCUT2D eigenvalue weighted by Crippen LogP contribution is 2.17. The predicted molar refractivity (Wildman–Crippen MR) is 76.1 cm³/mol. The molecule has 0 bridgehead atoms. The summed E-state index contributed by atoms with van der Waals surface area (Å²) >= 11 is 0. The maximum Gasteiger partial charge on any atom is 0.117 e. The lowest BCUT2D eigenvalue weighted by Gasteiger charge is -1.89. The highest BCUT2D eigenvalue weighted by atomic mass is 16.3. The van der Waals surface area contributed by atoms with Crippen molar-refractivity contribution in [2.45, 2.75) is 0 Å². The summed E-state index contributed by atoms with van der Waals surface area (Å²) in [6.45, 7) is 0. The predicted octanol–water partition coefficient (Wildman–Crippen LogP) is 3.44. The number of H-pyrrole nitrogens is 2. The Hall–Kier alpha value is -2.75. The van der Waals surface area contributed by atoms with E-state index >= 15 is 0 Å². The second kappa shape index (κ2) is 4.86. The number of aromatic hydroxyl groups is 1. The standard InChI is InChI=1S/C8H7NO.C7H6N2/c10-7-2-1-6-3-4-9-8(6)5-7;1-2-4-7-6(3-1)8-5-9-7/h1-5,9-10H;1-5H,(H,8,9). The third kappa shape index (κ3) is 2.42. The van der Waals surface area contributed by atoms with E-state index in [-0.39, 0.29) is 0 Å². The van der Waals surface area contributed by atoms with Gasteiger partial charge >= 0.3 is 0 Å². The average Bonchev–Trinajstić information content (AvgIpc) is 3.07. The Morgan fingerprint density at radius 3 is 2.68 bits per heavy atom. The molecule has 0 saturated heterocycles. The van der Waals surface area contributed by atoms with Gasteiger partial charge in [0.15, 0.2) is 0 Å². The summed E-state index contributed by atoms with van der Waals surface area (Å²) in [6.07, 6.45) is 3.55. The minimum atomic E-state index is 0.301. The number of fused-ring (bicyclic) bond motifs is 2. The van der Waals surface area contributed by atoms with E-state index in [0.29, 0.717) is 5.75 Å². The largest absolute Gasteiger partial charge is 0.508 e. The Morgan fingerprint density at radius 2 is 1.79 bits per heavy atom. The molecule has 2 aromatic carbocycles. The maximum atomic E-state index is 9.03. The maximum absolute atomic E-state index is 9.03. The quantitative estimate of drug-likeness (QED) is 0.448. The van der Waals surface area contributed by atoms with Gasteiger partial charge in [-0.05, 0) is 35.7 Å². The SMILES string of the molecule is Oc1ccc2cc[nH]c2c1.c1ccc2[nH]cnc2c1. The van der Waals surface area contributed by atoms with E-state index in [9.17, 15) is 0 Å². The molecule has 0 aliphatic rings. The van der Waals surface area contributed by atoms with E-state index in [1.165, 1.54) is 0 Å². The smallest absolute Gasteiger partial charge is 0.117 e. The number of phenolic OH excluding ortho intramolecular Hbond substituents is 1. The van der Waals surface area contributed by atoms with Crippen LogP contribution in [0.3, 0.4) is 0 Å². The van der Waals surface area contributed by atoms with Gasteiger partial charge in [-0.25, -0.2) is 4.98 Å². The van der Waals surface area contributed by atoms with Gasteiger partial charge in [-0.3, -0.25) is 0 Å². The lowest BCUT2D eigenvalue weighted by Crippen LogP contribution is -1.65. The third-order valence-corrected chi connectivity index (χ3v) is 2.87. The first-order chi connectivity index (χ1) is 9.33. The van der Waals surface area contributed by atoms with Crippen LogP contribution in [0.4, 0.5) is 0 Å². The Morgan fingerprint density at radius 1 is 0.895 bits per heavy atom. The first kappa shape index (κ1) is 11.3. The van der Waals surface area contributed by atoms with Gasteiger partial charge in [0, 0.05) is 17.8 Å². The molecule has 4 nitrogen and oxygen atoms in total. The molecule has 3 N–H and O–H groups in total. The van der Waals surface area contributed by atoms with Crippen LogP contribution in [-0.2, 0) is 0 Å².